The van der Waals surface area contributed by atoms with Crippen LogP contribution in [0.25, 0.3) is 0 Å². The monoisotopic (exact) mass is 396 g/mol. The second kappa shape index (κ2) is 6.66. The van der Waals surface area contributed by atoms with Crippen molar-refractivity contribution in [3.05, 3.63) is 29.3 Å². The number of piperidine rings is 2. The third-order valence-electron chi connectivity index (χ3n) is 6.88. The van der Waals surface area contributed by atoms with E-state index >= 15 is 0 Å². The molecule has 152 valence electrons. The van der Waals surface area contributed by atoms with Gasteiger partial charge in [-0.2, -0.15) is 0 Å². The van der Waals surface area contributed by atoms with E-state index in [4.69, 9.17) is 0 Å². The average Bonchev–Trinajstić information content (AvgIpc) is 3.20. The van der Waals surface area contributed by atoms with Crippen molar-refractivity contribution in [1.29, 1.82) is 0 Å². The standard InChI is InChI=1S/C21H24N4O4/c1-10-15-5-3-12(22-15)9-16(10)23-11-2-4-13-14(8-11)21(29)25(20(13)28)17-6-7-18(26)24-19(17)27/h2,4,8,10,12,15-17,22-23H,3,5-7,9H2,1H3,(H,24,26,27). The second-order valence-corrected chi connectivity index (χ2v) is 8.60. The first-order chi connectivity index (χ1) is 13.9. The summed E-state index contributed by atoms with van der Waals surface area (Å²) in [5.74, 6) is -1.44. The maximum absolute atomic E-state index is 13.0. The fourth-order valence-electron chi connectivity index (χ4n) is 5.22. The van der Waals surface area contributed by atoms with Gasteiger partial charge < -0.3 is 10.6 Å². The SMILES string of the molecule is CC1C(Nc2ccc3c(c2)C(=O)N(C2CCC(=O)NC2=O)C3=O)CC2CCC1N2. The minimum absolute atomic E-state index is 0.118. The van der Waals surface area contributed by atoms with Crippen LogP contribution in [0.3, 0.4) is 0 Å². The molecule has 3 N–H and O–H groups in total. The Bertz CT molecular complexity index is 929. The van der Waals surface area contributed by atoms with Crippen LogP contribution >= 0.6 is 0 Å². The fourth-order valence-corrected chi connectivity index (χ4v) is 5.22. The van der Waals surface area contributed by atoms with Crippen LogP contribution in [0, 0.1) is 5.92 Å². The van der Waals surface area contributed by atoms with Gasteiger partial charge in [0, 0.05) is 30.2 Å². The van der Waals surface area contributed by atoms with Crippen LogP contribution in [0.4, 0.5) is 5.69 Å². The zero-order valence-electron chi connectivity index (χ0n) is 16.2. The number of hydrogen-bond donors (Lipinski definition) is 3. The molecule has 0 aliphatic carbocycles. The molecule has 0 spiro atoms. The van der Waals surface area contributed by atoms with Crippen LogP contribution in [0.2, 0.25) is 0 Å². The molecule has 2 bridgehead atoms. The molecule has 1 aromatic rings. The minimum Gasteiger partial charge on any atom is -0.382 e. The van der Waals surface area contributed by atoms with E-state index in [0.29, 0.717) is 35.2 Å². The Labute approximate surface area is 168 Å². The van der Waals surface area contributed by atoms with Crippen molar-refractivity contribution in [3.8, 4) is 0 Å². The van der Waals surface area contributed by atoms with Crippen LogP contribution in [0.15, 0.2) is 18.2 Å². The van der Waals surface area contributed by atoms with Gasteiger partial charge in [0.25, 0.3) is 11.8 Å². The Morgan fingerprint density at radius 2 is 1.83 bits per heavy atom. The fraction of sp³-hybridized carbons (Fsp3) is 0.524. The quantitative estimate of drug-likeness (QED) is 0.659. The van der Waals surface area contributed by atoms with E-state index in [-0.39, 0.29) is 18.7 Å². The highest BCUT2D eigenvalue weighted by molar-refractivity contribution is 6.23. The molecule has 4 aliphatic rings. The molecule has 0 radical (unpaired) electrons. The van der Waals surface area contributed by atoms with Crippen molar-refractivity contribution in [2.24, 2.45) is 5.92 Å². The molecule has 1 aromatic carbocycles. The van der Waals surface area contributed by atoms with Gasteiger partial charge in [-0.15, -0.1) is 0 Å². The van der Waals surface area contributed by atoms with Gasteiger partial charge in [0.1, 0.15) is 6.04 Å². The molecule has 4 heterocycles. The van der Waals surface area contributed by atoms with Gasteiger partial charge in [-0.1, -0.05) is 6.92 Å². The van der Waals surface area contributed by atoms with Crippen molar-refractivity contribution in [2.45, 2.75) is 63.2 Å². The highest BCUT2D eigenvalue weighted by Crippen LogP contribution is 2.34. The van der Waals surface area contributed by atoms with E-state index in [0.717, 1.165) is 17.0 Å². The third kappa shape index (κ3) is 2.93. The van der Waals surface area contributed by atoms with Gasteiger partial charge in [0.05, 0.1) is 11.1 Å². The van der Waals surface area contributed by atoms with E-state index in [2.05, 4.69) is 22.9 Å². The normalized spacial score (nSPS) is 33.7. The molecule has 3 fully saturated rings. The van der Waals surface area contributed by atoms with Gasteiger partial charge in [-0.05, 0) is 49.8 Å². The second-order valence-electron chi connectivity index (χ2n) is 8.60. The average molecular weight is 396 g/mol. The van der Waals surface area contributed by atoms with Gasteiger partial charge in [0.15, 0.2) is 0 Å². The van der Waals surface area contributed by atoms with Crippen molar-refractivity contribution in [2.75, 3.05) is 5.32 Å². The number of imide groups is 2. The number of benzene rings is 1. The lowest BCUT2D eigenvalue weighted by atomic mass is 9.88. The zero-order chi connectivity index (χ0) is 20.3. The summed E-state index contributed by atoms with van der Waals surface area (Å²) in [4.78, 5) is 50.3. The van der Waals surface area contributed by atoms with Crippen LogP contribution in [-0.4, -0.2) is 52.7 Å². The molecular weight excluding hydrogens is 372 g/mol. The van der Waals surface area contributed by atoms with Crippen molar-refractivity contribution in [3.63, 3.8) is 0 Å². The maximum Gasteiger partial charge on any atom is 0.262 e. The van der Waals surface area contributed by atoms with E-state index < -0.39 is 23.8 Å². The summed E-state index contributed by atoms with van der Waals surface area (Å²) in [6.45, 7) is 2.24. The molecule has 29 heavy (non-hydrogen) atoms. The highest BCUT2D eigenvalue weighted by Gasteiger charge is 2.45. The summed E-state index contributed by atoms with van der Waals surface area (Å²) in [5, 5.41) is 9.43. The largest absolute Gasteiger partial charge is 0.382 e. The van der Waals surface area contributed by atoms with Crippen LogP contribution < -0.4 is 16.0 Å². The number of carbonyl (C=O) groups is 4. The molecule has 3 saturated heterocycles. The van der Waals surface area contributed by atoms with Crippen molar-refractivity contribution in [1.82, 2.24) is 15.5 Å². The number of anilines is 1. The molecule has 0 saturated carbocycles. The molecule has 8 nitrogen and oxygen atoms in total. The van der Waals surface area contributed by atoms with Gasteiger partial charge in [-0.25, -0.2) is 0 Å². The number of amides is 4. The molecular formula is C21H24N4O4. The summed E-state index contributed by atoms with van der Waals surface area (Å²) in [7, 11) is 0. The molecule has 5 atom stereocenters. The Morgan fingerprint density at radius 3 is 2.62 bits per heavy atom. The Kier molecular flexibility index (Phi) is 4.20. The predicted molar refractivity (Wildman–Crippen MR) is 104 cm³/mol. The Balaban J connectivity index is 1.37. The van der Waals surface area contributed by atoms with Crippen LogP contribution in [0.5, 0.6) is 0 Å². The van der Waals surface area contributed by atoms with E-state index in [9.17, 15) is 19.2 Å². The third-order valence-corrected chi connectivity index (χ3v) is 6.88. The lowest BCUT2D eigenvalue weighted by Crippen LogP contribution is -2.54. The lowest BCUT2D eigenvalue weighted by Gasteiger charge is -2.36. The highest BCUT2D eigenvalue weighted by atomic mass is 16.2. The summed E-state index contributed by atoms with van der Waals surface area (Å²) < 4.78 is 0. The van der Waals surface area contributed by atoms with Crippen LogP contribution in [-0.2, 0) is 9.59 Å². The Morgan fingerprint density at radius 1 is 1.03 bits per heavy atom. The van der Waals surface area contributed by atoms with Gasteiger partial charge >= 0.3 is 0 Å². The van der Waals surface area contributed by atoms with Gasteiger partial charge in [-0.3, -0.25) is 29.4 Å². The predicted octanol–water partition coefficient (Wildman–Crippen LogP) is 1.03. The summed E-state index contributed by atoms with van der Waals surface area (Å²) in [5.41, 5.74) is 1.44. The van der Waals surface area contributed by atoms with Crippen molar-refractivity contribution < 1.29 is 19.2 Å². The molecule has 4 amide bonds. The van der Waals surface area contributed by atoms with Gasteiger partial charge in [0.2, 0.25) is 11.8 Å². The first kappa shape index (κ1) is 18.3. The zero-order valence-corrected chi connectivity index (χ0v) is 16.2. The molecule has 5 unspecified atom stereocenters. The number of nitrogens with zero attached hydrogens (tertiary/aromatic N) is 1. The number of carbonyl (C=O) groups excluding carboxylic acids is 4. The summed E-state index contributed by atoms with van der Waals surface area (Å²) >= 11 is 0. The van der Waals surface area contributed by atoms with Crippen molar-refractivity contribution >= 4 is 29.3 Å². The first-order valence-electron chi connectivity index (χ1n) is 10.3. The molecule has 4 aliphatic heterocycles. The number of fused-ring (bicyclic) bond motifs is 3. The summed E-state index contributed by atoms with van der Waals surface area (Å²) in [6, 6.07) is 5.64. The number of rotatable bonds is 3. The van der Waals surface area contributed by atoms with E-state index in [1.165, 1.54) is 12.8 Å². The smallest absolute Gasteiger partial charge is 0.262 e. The lowest BCUT2D eigenvalue weighted by molar-refractivity contribution is -0.136. The topological polar surface area (TPSA) is 108 Å². The number of nitrogens with one attached hydrogen (secondary N) is 3. The molecule has 0 aromatic heterocycles. The Hall–Kier alpha value is -2.74. The first-order valence-corrected chi connectivity index (χ1v) is 10.3. The van der Waals surface area contributed by atoms with E-state index in [1.54, 1.807) is 12.1 Å². The van der Waals surface area contributed by atoms with Crippen LogP contribution in [0.1, 0.15) is 59.7 Å². The van der Waals surface area contributed by atoms with E-state index in [1.807, 2.05) is 6.07 Å². The summed E-state index contributed by atoms with van der Waals surface area (Å²) in [6.07, 6.45) is 3.71. The number of hydrogen-bond acceptors (Lipinski definition) is 6. The minimum atomic E-state index is -0.934. The maximum atomic E-state index is 13.0. The molecule has 5 rings (SSSR count). The molecule has 8 heteroatoms.